The second-order valence-electron chi connectivity index (χ2n) is 9.88. The van der Waals surface area contributed by atoms with E-state index in [1.54, 1.807) is 37.1 Å². The minimum atomic E-state index is -1.11. The number of hydrogen-bond donors (Lipinski definition) is 1. The standard InChI is InChI=1S/C25H33FN6O3/c1-17(2)9-10-27-24(35)25(3)16-32-21(23(34)29(25)4)15-19(28-32)22(33)31-13-11-30(12-14-31)20-8-6-5-7-18(20)26/h5-8,15,17H,9-14,16H2,1-4H3,(H,27,35)/t25-/m0/s1. The quantitative estimate of drug-likeness (QED) is 0.677. The summed E-state index contributed by atoms with van der Waals surface area (Å²) in [7, 11) is 1.60. The van der Waals surface area contributed by atoms with Crippen molar-refractivity contribution in [2.45, 2.75) is 39.3 Å². The smallest absolute Gasteiger partial charge is 0.274 e. The molecule has 0 radical (unpaired) electrons. The van der Waals surface area contributed by atoms with Gasteiger partial charge in [0.1, 0.15) is 17.1 Å². The second-order valence-corrected chi connectivity index (χ2v) is 9.88. The third-order valence-corrected chi connectivity index (χ3v) is 6.98. The number of aromatic nitrogens is 2. The molecule has 0 spiro atoms. The predicted octanol–water partition coefficient (Wildman–Crippen LogP) is 1.99. The maximum atomic E-state index is 14.1. The van der Waals surface area contributed by atoms with Crippen molar-refractivity contribution >= 4 is 23.4 Å². The monoisotopic (exact) mass is 484 g/mol. The number of rotatable bonds is 6. The van der Waals surface area contributed by atoms with Gasteiger partial charge in [-0.25, -0.2) is 4.39 Å². The zero-order chi connectivity index (χ0) is 25.3. The van der Waals surface area contributed by atoms with Gasteiger partial charge < -0.3 is 20.0 Å². The fraction of sp³-hybridized carbons (Fsp3) is 0.520. The SMILES string of the molecule is CC(C)CCNC(=O)[C@]1(C)Cn2nc(C(=O)N3CCN(c4ccccc4F)CC3)cc2C(=O)N1C. The summed E-state index contributed by atoms with van der Waals surface area (Å²) >= 11 is 0. The summed E-state index contributed by atoms with van der Waals surface area (Å²) in [4.78, 5) is 44.2. The molecule has 9 nitrogen and oxygen atoms in total. The molecule has 2 aromatic rings. The number of amides is 3. The number of nitrogens with zero attached hydrogens (tertiary/aromatic N) is 5. The zero-order valence-corrected chi connectivity index (χ0v) is 20.8. The van der Waals surface area contributed by atoms with Crippen LogP contribution in [0.15, 0.2) is 30.3 Å². The normalized spacial score (nSPS) is 20.3. The number of piperazine rings is 1. The molecular weight excluding hydrogens is 451 g/mol. The average molecular weight is 485 g/mol. The molecule has 188 valence electrons. The Balaban J connectivity index is 1.45. The van der Waals surface area contributed by atoms with Crippen molar-refractivity contribution < 1.29 is 18.8 Å². The number of para-hydroxylation sites is 1. The molecule has 0 aliphatic carbocycles. The van der Waals surface area contributed by atoms with Gasteiger partial charge >= 0.3 is 0 Å². The number of likely N-dealkylation sites (N-methyl/N-ethyl adjacent to an activating group) is 1. The van der Waals surface area contributed by atoms with Gasteiger partial charge in [0.05, 0.1) is 12.2 Å². The maximum absolute atomic E-state index is 14.1. The number of carbonyl (C=O) groups is 3. The van der Waals surface area contributed by atoms with Crippen LogP contribution in [0.4, 0.5) is 10.1 Å². The van der Waals surface area contributed by atoms with Crippen LogP contribution < -0.4 is 10.2 Å². The Morgan fingerprint density at radius 2 is 1.86 bits per heavy atom. The largest absolute Gasteiger partial charge is 0.366 e. The third-order valence-electron chi connectivity index (χ3n) is 6.98. The fourth-order valence-electron chi connectivity index (χ4n) is 4.52. The molecule has 3 heterocycles. The molecule has 35 heavy (non-hydrogen) atoms. The molecule has 2 aliphatic heterocycles. The molecule has 1 N–H and O–H groups in total. The van der Waals surface area contributed by atoms with Crippen LogP contribution in [-0.2, 0) is 11.3 Å². The topological polar surface area (TPSA) is 90.8 Å². The van der Waals surface area contributed by atoms with Crippen LogP contribution in [0, 0.1) is 11.7 Å². The molecule has 0 saturated carbocycles. The maximum Gasteiger partial charge on any atom is 0.274 e. The first kappa shape index (κ1) is 24.7. The van der Waals surface area contributed by atoms with Crippen LogP contribution >= 0.6 is 0 Å². The summed E-state index contributed by atoms with van der Waals surface area (Å²) in [5.74, 6) is -0.707. The van der Waals surface area contributed by atoms with Crippen LogP contribution in [0.5, 0.6) is 0 Å². The van der Waals surface area contributed by atoms with Crippen molar-refractivity contribution in [3.8, 4) is 0 Å². The van der Waals surface area contributed by atoms with E-state index in [4.69, 9.17) is 0 Å². The Morgan fingerprint density at radius 3 is 2.51 bits per heavy atom. The first-order chi connectivity index (χ1) is 16.6. The first-order valence-corrected chi connectivity index (χ1v) is 12.0. The highest BCUT2D eigenvalue weighted by molar-refractivity contribution is 6.01. The molecular formula is C25H33FN6O3. The van der Waals surface area contributed by atoms with E-state index >= 15 is 0 Å². The van der Waals surface area contributed by atoms with E-state index in [9.17, 15) is 18.8 Å². The minimum Gasteiger partial charge on any atom is -0.366 e. The number of nitrogens with one attached hydrogen (secondary N) is 1. The lowest BCUT2D eigenvalue weighted by atomic mass is 9.95. The van der Waals surface area contributed by atoms with Crippen molar-refractivity contribution in [1.29, 1.82) is 0 Å². The highest BCUT2D eigenvalue weighted by atomic mass is 19.1. The molecule has 1 atom stereocenters. The predicted molar refractivity (Wildman–Crippen MR) is 130 cm³/mol. The van der Waals surface area contributed by atoms with Gasteiger partial charge in [-0.05, 0) is 31.4 Å². The summed E-state index contributed by atoms with van der Waals surface area (Å²) in [5.41, 5.74) is -0.130. The summed E-state index contributed by atoms with van der Waals surface area (Å²) in [6.07, 6.45) is 0.843. The van der Waals surface area contributed by atoms with E-state index in [-0.39, 0.29) is 41.5 Å². The molecule has 10 heteroatoms. The molecule has 0 bridgehead atoms. The lowest BCUT2D eigenvalue weighted by Gasteiger charge is -2.40. The van der Waals surface area contributed by atoms with Crippen molar-refractivity contribution in [3.05, 3.63) is 47.5 Å². The molecule has 0 unspecified atom stereocenters. The number of halogens is 1. The Labute approximate surface area is 204 Å². The molecule has 1 fully saturated rings. The van der Waals surface area contributed by atoms with Crippen molar-refractivity contribution in [2.24, 2.45) is 5.92 Å². The van der Waals surface area contributed by atoms with Crippen LogP contribution in [0.3, 0.4) is 0 Å². The van der Waals surface area contributed by atoms with Crippen molar-refractivity contribution in [2.75, 3.05) is 44.7 Å². The molecule has 4 rings (SSSR count). The van der Waals surface area contributed by atoms with Gasteiger partial charge in [0.25, 0.3) is 11.8 Å². The van der Waals surface area contributed by atoms with Gasteiger partial charge in [0.2, 0.25) is 5.91 Å². The molecule has 1 saturated heterocycles. The fourth-order valence-corrected chi connectivity index (χ4v) is 4.52. The number of anilines is 1. The van der Waals surface area contributed by atoms with E-state index in [0.717, 1.165) is 6.42 Å². The van der Waals surface area contributed by atoms with Crippen LogP contribution in [0.2, 0.25) is 0 Å². The summed E-state index contributed by atoms with van der Waals surface area (Å²) < 4.78 is 15.6. The Morgan fingerprint density at radius 1 is 1.17 bits per heavy atom. The number of carbonyl (C=O) groups excluding carboxylic acids is 3. The summed E-state index contributed by atoms with van der Waals surface area (Å²) in [6, 6.07) is 8.10. The van der Waals surface area contributed by atoms with E-state index in [1.165, 1.54) is 21.7 Å². The number of benzene rings is 1. The lowest BCUT2D eigenvalue weighted by Crippen LogP contribution is -2.62. The van der Waals surface area contributed by atoms with Gasteiger partial charge in [-0.1, -0.05) is 26.0 Å². The summed E-state index contributed by atoms with van der Waals surface area (Å²) in [5, 5.41) is 7.34. The molecule has 1 aromatic heterocycles. The van der Waals surface area contributed by atoms with E-state index in [2.05, 4.69) is 24.3 Å². The second kappa shape index (κ2) is 9.67. The van der Waals surface area contributed by atoms with Crippen molar-refractivity contribution in [1.82, 2.24) is 24.9 Å². The lowest BCUT2D eigenvalue weighted by molar-refractivity contribution is -0.132. The average Bonchev–Trinajstić information content (AvgIpc) is 3.26. The minimum absolute atomic E-state index is 0.159. The van der Waals surface area contributed by atoms with Gasteiger partial charge in [-0.2, -0.15) is 5.10 Å². The van der Waals surface area contributed by atoms with E-state index in [1.807, 2.05) is 4.90 Å². The van der Waals surface area contributed by atoms with Gasteiger partial charge in [-0.15, -0.1) is 0 Å². The Hall–Kier alpha value is -3.43. The highest BCUT2D eigenvalue weighted by Gasteiger charge is 2.46. The van der Waals surface area contributed by atoms with Crippen LogP contribution in [0.25, 0.3) is 0 Å². The molecule has 3 amide bonds. The van der Waals surface area contributed by atoms with Gasteiger partial charge in [-0.3, -0.25) is 19.1 Å². The molecule has 2 aliphatic rings. The van der Waals surface area contributed by atoms with Crippen LogP contribution in [-0.4, -0.2) is 82.6 Å². The first-order valence-electron chi connectivity index (χ1n) is 12.0. The third kappa shape index (κ3) is 4.74. The van der Waals surface area contributed by atoms with Crippen LogP contribution in [0.1, 0.15) is 48.2 Å². The van der Waals surface area contributed by atoms with Crippen molar-refractivity contribution in [3.63, 3.8) is 0 Å². The van der Waals surface area contributed by atoms with Gasteiger partial charge in [0.15, 0.2) is 5.69 Å². The van der Waals surface area contributed by atoms with E-state index in [0.29, 0.717) is 44.3 Å². The van der Waals surface area contributed by atoms with E-state index < -0.39 is 5.54 Å². The Kier molecular flexibility index (Phi) is 6.82. The summed E-state index contributed by atoms with van der Waals surface area (Å²) in [6.45, 7) is 8.39. The number of fused-ring (bicyclic) bond motifs is 1. The highest BCUT2D eigenvalue weighted by Crippen LogP contribution is 2.27. The number of hydrogen-bond acceptors (Lipinski definition) is 5. The Bertz CT molecular complexity index is 1120. The molecule has 1 aromatic carbocycles. The zero-order valence-electron chi connectivity index (χ0n) is 20.8. The van der Waals surface area contributed by atoms with Gasteiger partial charge in [0, 0.05) is 45.8 Å².